The minimum absolute atomic E-state index is 0. The predicted octanol–water partition coefficient (Wildman–Crippen LogP) is 3.52. The Morgan fingerprint density at radius 3 is 2.59 bits per heavy atom. The number of piperidine rings is 3. The number of anilines is 1. The van der Waals surface area contributed by atoms with Gasteiger partial charge in [-0.3, -0.25) is 9.69 Å². The van der Waals surface area contributed by atoms with E-state index < -0.39 is 0 Å². The molecule has 7 rings (SSSR count). The molecule has 4 saturated heterocycles. The van der Waals surface area contributed by atoms with Gasteiger partial charge in [-0.05, 0) is 68.3 Å². The number of amides is 1. The number of carbonyl (C=O) groups is 1. The molecule has 1 atom stereocenters. The van der Waals surface area contributed by atoms with Crippen molar-refractivity contribution in [3.8, 4) is 0 Å². The van der Waals surface area contributed by atoms with E-state index in [1.165, 1.54) is 54.5 Å². The SMILES string of the molecule is Cl.O=C(N[C@@H]1C2CCN(CC2)C12CC2)c1cc2ccc(N3CCOCC3)cc2s1. The maximum absolute atomic E-state index is 13.1. The van der Waals surface area contributed by atoms with Crippen LogP contribution in [0.5, 0.6) is 0 Å². The first-order chi connectivity index (χ1) is 13.7. The Bertz CT molecular complexity index is 914. The lowest BCUT2D eigenvalue weighted by molar-refractivity contribution is -0.00138. The molecular weight excluding hydrogens is 406 g/mol. The van der Waals surface area contributed by atoms with Crippen LogP contribution in [0.4, 0.5) is 5.69 Å². The molecule has 5 nitrogen and oxygen atoms in total. The Balaban J connectivity index is 0.00000181. The highest BCUT2D eigenvalue weighted by Gasteiger charge is 2.60. The average molecular weight is 434 g/mol. The minimum Gasteiger partial charge on any atom is -0.378 e. The van der Waals surface area contributed by atoms with Crippen LogP contribution in [0.2, 0.25) is 0 Å². The maximum Gasteiger partial charge on any atom is 0.261 e. The van der Waals surface area contributed by atoms with Gasteiger partial charge in [-0.1, -0.05) is 6.07 Å². The summed E-state index contributed by atoms with van der Waals surface area (Å²) in [5, 5.41) is 4.63. The van der Waals surface area contributed by atoms with Crippen molar-refractivity contribution >= 4 is 45.4 Å². The number of fused-ring (bicyclic) bond motifs is 3. The van der Waals surface area contributed by atoms with Gasteiger partial charge in [0.2, 0.25) is 0 Å². The predicted molar refractivity (Wildman–Crippen MR) is 120 cm³/mol. The lowest BCUT2D eigenvalue weighted by atomic mass is 9.77. The molecule has 0 radical (unpaired) electrons. The third kappa shape index (κ3) is 3.25. The molecule has 2 aromatic rings. The van der Waals surface area contributed by atoms with Crippen LogP contribution in [0.1, 0.15) is 35.4 Å². The second-order valence-electron chi connectivity index (χ2n) is 8.81. The van der Waals surface area contributed by atoms with Gasteiger partial charge in [-0.15, -0.1) is 23.7 Å². The van der Waals surface area contributed by atoms with Gasteiger partial charge in [-0.2, -0.15) is 0 Å². The van der Waals surface area contributed by atoms with E-state index in [2.05, 4.69) is 39.4 Å². The lowest BCUT2D eigenvalue weighted by Gasteiger charge is -2.52. The highest BCUT2D eigenvalue weighted by molar-refractivity contribution is 7.20. The van der Waals surface area contributed by atoms with E-state index in [1.807, 2.05) is 0 Å². The van der Waals surface area contributed by atoms with Crippen LogP contribution in [-0.4, -0.2) is 61.8 Å². The van der Waals surface area contributed by atoms with E-state index >= 15 is 0 Å². The summed E-state index contributed by atoms with van der Waals surface area (Å²) in [6.07, 6.45) is 4.98. The van der Waals surface area contributed by atoms with Gasteiger partial charge in [0, 0.05) is 29.0 Å². The summed E-state index contributed by atoms with van der Waals surface area (Å²) in [4.78, 5) is 19.0. The molecule has 1 aliphatic carbocycles. The summed E-state index contributed by atoms with van der Waals surface area (Å²) in [5.41, 5.74) is 1.52. The third-order valence-corrected chi connectivity index (χ3v) is 8.47. The van der Waals surface area contributed by atoms with Crippen molar-refractivity contribution in [2.24, 2.45) is 5.92 Å². The Morgan fingerprint density at radius 2 is 1.86 bits per heavy atom. The van der Waals surface area contributed by atoms with Crippen molar-refractivity contribution in [2.75, 3.05) is 44.3 Å². The molecule has 1 aromatic carbocycles. The molecule has 0 unspecified atom stereocenters. The molecule has 1 aromatic heterocycles. The fraction of sp³-hybridized carbons (Fsp3) is 0.591. The number of thiophene rings is 1. The molecule has 7 heteroatoms. The number of hydrogen-bond acceptors (Lipinski definition) is 5. The zero-order valence-corrected chi connectivity index (χ0v) is 18.2. The number of ether oxygens (including phenoxy) is 1. The second-order valence-corrected chi connectivity index (χ2v) is 9.90. The number of halogens is 1. The molecule has 1 N–H and O–H groups in total. The number of carbonyl (C=O) groups excluding carboxylic acids is 1. The number of rotatable bonds is 3. The van der Waals surface area contributed by atoms with Crippen LogP contribution in [0.15, 0.2) is 24.3 Å². The Kier molecular flexibility index (Phi) is 5.01. The zero-order chi connectivity index (χ0) is 18.7. The highest BCUT2D eigenvalue weighted by atomic mass is 35.5. The van der Waals surface area contributed by atoms with Crippen LogP contribution in [0.3, 0.4) is 0 Å². The second kappa shape index (κ2) is 7.41. The molecule has 5 heterocycles. The minimum atomic E-state index is 0. The van der Waals surface area contributed by atoms with E-state index in [0.717, 1.165) is 31.2 Å². The first-order valence-corrected chi connectivity index (χ1v) is 11.5. The zero-order valence-electron chi connectivity index (χ0n) is 16.6. The van der Waals surface area contributed by atoms with E-state index in [9.17, 15) is 4.79 Å². The van der Waals surface area contributed by atoms with Crippen molar-refractivity contribution in [1.82, 2.24) is 10.2 Å². The van der Waals surface area contributed by atoms with E-state index in [1.54, 1.807) is 11.3 Å². The molecule has 2 bridgehead atoms. The number of hydrogen-bond donors (Lipinski definition) is 1. The summed E-state index contributed by atoms with van der Waals surface area (Å²) in [6.45, 7) is 5.90. The van der Waals surface area contributed by atoms with Crippen LogP contribution < -0.4 is 10.2 Å². The lowest BCUT2D eigenvalue weighted by Crippen LogP contribution is -2.65. The molecule has 1 saturated carbocycles. The number of nitrogens with one attached hydrogen (secondary N) is 1. The van der Waals surface area contributed by atoms with Crippen molar-refractivity contribution in [2.45, 2.75) is 37.3 Å². The Labute approximate surface area is 181 Å². The van der Waals surface area contributed by atoms with Gasteiger partial charge < -0.3 is 15.0 Å². The summed E-state index contributed by atoms with van der Waals surface area (Å²) < 4.78 is 6.66. The quantitative estimate of drug-likeness (QED) is 0.804. The van der Waals surface area contributed by atoms with Crippen LogP contribution in [0.25, 0.3) is 10.1 Å². The van der Waals surface area contributed by atoms with E-state index in [0.29, 0.717) is 12.0 Å². The Hall–Kier alpha value is -1.34. The maximum atomic E-state index is 13.1. The smallest absolute Gasteiger partial charge is 0.261 e. The molecule has 1 spiro atoms. The fourth-order valence-electron chi connectivity index (χ4n) is 5.68. The van der Waals surface area contributed by atoms with Gasteiger partial charge in [-0.25, -0.2) is 0 Å². The largest absolute Gasteiger partial charge is 0.378 e. The summed E-state index contributed by atoms with van der Waals surface area (Å²) in [6, 6.07) is 8.98. The van der Waals surface area contributed by atoms with Crippen LogP contribution in [-0.2, 0) is 4.74 Å². The first kappa shape index (κ1) is 19.6. The summed E-state index contributed by atoms with van der Waals surface area (Å²) in [7, 11) is 0. The van der Waals surface area contributed by atoms with Crippen molar-refractivity contribution < 1.29 is 9.53 Å². The van der Waals surface area contributed by atoms with Crippen LogP contribution in [0, 0.1) is 5.92 Å². The molecule has 156 valence electrons. The van der Waals surface area contributed by atoms with E-state index in [4.69, 9.17) is 4.74 Å². The monoisotopic (exact) mass is 433 g/mol. The van der Waals surface area contributed by atoms with Crippen LogP contribution >= 0.6 is 23.7 Å². The molecular formula is C22H28ClN3O2S. The third-order valence-electron chi connectivity index (χ3n) is 7.37. The number of nitrogens with zero attached hydrogens (tertiary/aromatic N) is 2. The fourth-order valence-corrected chi connectivity index (χ4v) is 6.68. The molecule has 5 fully saturated rings. The van der Waals surface area contributed by atoms with Gasteiger partial charge >= 0.3 is 0 Å². The standard InChI is InChI=1S/C22H27N3O2S.ClH/c26-21(23-20-15-3-7-25(8-4-15)22(20)5-6-22)19-13-16-1-2-17(14-18(16)28-19)24-9-11-27-12-10-24;/h1-2,13-15,20H,3-12H2,(H,23,26);1H/t20-;/m1./s1. The summed E-state index contributed by atoms with van der Waals surface area (Å²) >= 11 is 1.63. The number of benzene rings is 1. The highest BCUT2D eigenvalue weighted by Crippen LogP contribution is 2.53. The van der Waals surface area contributed by atoms with Crippen molar-refractivity contribution in [3.05, 3.63) is 29.1 Å². The van der Waals surface area contributed by atoms with Gasteiger partial charge in [0.1, 0.15) is 0 Å². The molecule has 5 aliphatic rings. The summed E-state index contributed by atoms with van der Waals surface area (Å²) in [5.74, 6) is 0.790. The molecule has 1 amide bonds. The van der Waals surface area contributed by atoms with Crippen molar-refractivity contribution in [1.29, 1.82) is 0 Å². The number of morpholine rings is 1. The van der Waals surface area contributed by atoms with E-state index in [-0.39, 0.29) is 23.9 Å². The molecule has 4 aliphatic heterocycles. The normalized spacial score (nSPS) is 29.7. The van der Waals surface area contributed by atoms with Gasteiger partial charge in [0.05, 0.1) is 24.1 Å². The average Bonchev–Trinajstić information content (AvgIpc) is 3.40. The topological polar surface area (TPSA) is 44.8 Å². The first-order valence-electron chi connectivity index (χ1n) is 10.7. The Morgan fingerprint density at radius 1 is 1.10 bits per heavy atom. The van der Waals surface area contributed by atoms with Gasteiger partial charge in [0.25, 0.3) is 5.91 Å². The molecule has 29 heavy (non-hydrogen) atoms. The van der Waals surface area contributed by atoms with Gasteiger partial charge in [0.15, 0.2) is 0 Å². The van der Waals surface area contributed by atoms with Crippen molar-refractivity contribution in [3.63, 3.8) is 0 Å².